The number of nitrogens with one attached hydrogen (secondary N) is 1. The number of carbonyl (C=O) groups is 1. The van der Waals surface area contributed by atoms with Crippen molar-refractivity contribution in [3.63, 3.8) is 0 Å². The fourth-order valence-electron chi connectivity index (χ4n) is 1.60. The van der Waals surface area contributed by atoms with Gasteiger partial charge in [-0.25, -0.2) is 0 Å². The predicted molar refractivity (Wildman–Crippen MR) is 93.7 cm³/mol. The molecule has 2 aromatic carbocycles. The van der Waals surface area contributed by atoms with Crippen molar-refractivity contribution in [3.8, 4) is 0 Å². The highest BCUT2D eigenvalue weighted by Crippen LogP contribution is 2.17. The molecule has 0 heterocycles. The number of hydrogen-bond acceptors (Lipinski definition) is 3. The lowest BCUT2D eigenvalue weighted by Crippen LogP contribution is -2.13. The summed E-state index contributed by atoms with van der Waals surface area (Å²) in [5.41, 5.74) is 14.0. The maximum absolute atomic E-state index is 12.0. The summed E-state index contributed by atoms with van der Waals surface area (Å²) in [6.07, 6.45) is 2.64. The van der Waals surface area contributed by atoms with E-state index in [1.165, 1.54) is 12.8 Å². The third-order valence-electron chi connectivity index (χ3n) is 3.16. The number of nitrogens with two attached hydrogens (primary N) is 2. The number of benzene rings is 2. The van der Waals surface area contributed by atoms with E-state index in [2.05, 4.69) is 19.2 Å². The van der Waals surface area contributed by atoms with Crippen LogP contribution in [0.5, 0.6) is 0 Å². The second kappa shape index (κ2) is 9.58. The smallest absolute Gasteiger partial charge is 0.255 e. The third-order valence-corrected chi connectivity index (χ3v) is 3.16. The molecule has 0 aliphatic heterocycles. The molecule has 5 N–H and O–H groups in total. The predicted octanol–water partition coefficient (Wildman–Crippen LogP) is 3.79. The van der Waals surface area contributed by atoms with E-state index in [0.717, 1.165) is 5.56 Å². The Morgan fingerprint density at radius 3 is 2.09 bits per heavy atom. The van der Waals surface area contributed by atoms with E-state index in [1.54, 1.807) is 24.3 Å². The van der Waals surface area contributed by atoms with Crippen molar-refractivity contribution in [2.24, 2.45) is 5.73 Å². The minimum atomic E-state index is -0.184. The van der Waals surface area contributed by atoms with E-state index in [4.69, 9.17) is 11.5 Å². The van der Waals surface area contributed by atoms with Crippen LogP contribution in [0.2, 0.25) is 0 Å². The summed E-state index contributed by atoms with van der Waals surface area (Å²) < 4.78 is 0. The Morgan fingerprint density at radius 1 is 1.00 bits per heavy atom. The molecule has 4 nitrogen and oxygen atoms in total. The number of carbonyl (C=O) groups excluding carboxylic acids is 1. The fraction of sp³-hybridized carbons (Fsp3) is 0.278. The molecular weight excluding hydrogens is 274 g/mol. The normalized spacial score (nSPS) is 9.59. The van der Waals surface area contributed by atoms with Crippen LogP contribution in [-0.4, -0.2) is 5.91 Å². The van der Waals surface area contributed by atoms with Gasteiger partial charge in [0.1, 0.15) is 0 Å². The van der Waals surface area contributed by atoms with Gasteiger partial charge in [0.05, 0.1) is 11.4 Å². The monoisotopic (exact) mass is 299 g/mol. The van der Waals surface area contributed by atoms with Crippen LogP contribution in [0, 0.1) is 0 Å². The number of amides is 1. The zero-order chi connectivity index (χ0) is 16.4. The highest BCUT2D eigenvalue weighted by Gasteiger charge is 2.07. The zero-order valence-electron chi connectivity index (χ0n) is 13.3. The number of rotatable bonds is 4. The first kappa shape index (κ1) is 17.7. The van der Waals surface area contributed by atoms with E-state index in [1.807, 2.05) is 24.3 Å². The molecule has 118 valence electrons. The number of unbranched alkanes of at least 4 members (excludes halogenated alkanes) is 1. The first-order valence-corrected chi connectivity index (χ1v) is 7.57. The molecule has 0 atom stereocenters. The second-order valence-corrected chi connectivity index (χ2v) is 4.94. The molecule has 4 heteroatoms. The topological polar surface area (TPSA) is 81.1 Å². The molecule has 22 heavy (non-hydrogen) atoms. The quantitative estimate of drug-likeness (QED) is 0.751. The van der Waals surface area contributed by atoms with Crippen LogP contribution < -0.4 is 16.8 Å². The van der Waals surface area contributed by atoms with Crippen molar-refractivity contribution in [3.05, 3.63) is 59.7 Å². The molecule has 2 aromatic rings. The molecular formula is C18H25N3O. The maximum Gasteiger partial charge on any atom is 0.255 e. The number of anilines is 2. The van der Waals surface area contributed by atoms with E-state index < -0.39 is 0 Å². The maximum atomic E-state index is 12.0. The van der Waals surface area contributed by atoms with Crippen molar-refractivity contribution in [2.45, 2.75) is 33.2 Å². The average molecular weight is 299 g/mol. The minimum Gasteiger partial charge on any atom is -0.397 e. The van der Waals surface area contributed by atoms with Crippen molar-refractivity contribution in [1.29, 1.82) is 0 Å². The summed E-state index contributed by atoms with van der Waals surface area (Å²) >= 11 is 0. The molecule has 0 saturated heterocycles. The van der Waals surface area contributed by atoms with Crippen LogP contribution in [-0.2, 0) is 6.54 Å². The van der Waals surface area contributed by atoms with Gasteiger partial charge in [-0.05, 0) is 29.8 Å². The fourth-order valence-corrected chi connectivity index (χ4v) is 1.60. The molecule has 0 spiro atoms. The Balaban J connectivity index is 0.000000541. The van der Waals surface area contributed by atoms with Gasteiger partial charge in [0.2, 0.25) is 0 Å². The SMILES string of the molecule is CCCC.NCc1ccc(C(=O)Nc2ccccc2N)cc1. The minimum absolute atomic E-state index is 0.184. The Hall–Kier alpha value is -2.33. The largest absolute Gasteiger partial charge is 0.397 e. The lowest BCUT2D eigenvalue weighted by Gasteiger charge is -2.08. The van der Waals surface area contributed by atoms with Gasteiger partial charge in [0, 0.05) is 12.1 Å². The molecule has 0 aliphatic rings. The van der Waals surface area contributed by atoms with Crippen LogP contribution in [0.4, 0.5) is 11.4 Å². The lowest BCUT2D eigenvalue weighted by atomic mass is 10.1. The molecule has 0 bridgehead atoms. The molecule has 0 radical (unpaired) electrons. The molecule has 1 amide bonds. The second-order valence-electron chi connectivity index (χ2n) is 4.94. The van der Waals surface area contributed by atoms with Crippen LogP contribution in [0.1, 0.15) is 42.6 Å². The first-order valence-electron chi connectivity index (χ1n) is 7.57. The molecule has 2 rings (SSSR count). The summed E-state index contributed by atoms with van der Waals surface area (Å²) in [6.45, 7) is 4.83. The molecule has 0 unspecified atom stereocenters. The Bertz CT molecular complexity index is 577. The van der Waals surface area contributed by atoms with E-state index >= 15 is 0 Å². The van der Waals surface area contributed by atoms with Gasteiger partial charge in [-0.2, -0.15) is 0 Å². The Morgan fingerprint density at radius 2 is 1.59 bits per heavy atom. The van der Waals surface area contributed by atoms with Gasteiger partial charge in [0.25, 0.3) is 5.91 Å². The Kier molecular flexibility index (Phi) is 7.72. The van der Waals surface area contributed by atoms with E-state index in [9.17, 15) is 4.79 Å². The van der Waals surface area contributed by atoms with Gasteiger partial charge in [-0.3, -0.25) is 4.79 Å². The molecule has 0 fully saturated rings. The summed E-state index contributed by atoms with van der Waals surface area (Å²) in [5.74, 6) is -0.184. The third kappa shape index (κ3) is 5.58. The Labute approximate surface area is 132 Å². The van der Waals surface area contributed by atoms with Crippen LogP contribution in [0.25, 0.3) is 0 Å². The number of hydrogen-bond donors (Lipinski definition) is 3. The average Bonchev–Trinajstić information content (AvgIpc) is 2.57. The van der Waals surface area contributed by atoms with Gasteiger partial charge in [0.15, 0.2) is 0 Å². The van der Waals surface area contributed by atoms with Gasteiger partial charge in [-0.1, -0.05) is 51.0 Å². The summed E-state index contributed by atoms with van der Waals surface area (Å²) in [5, 5.41) is 2.77. The van der Waals surface area contributed by atoms with E-state index in [-0.39, 0.29) is 5.91 Å². The summed E-state index contributed by atoms with van der Waals surface area (Å²) in [7, 11) is 0. The summed E-state index contributed by atoms with van der Waals surface area (Å²) in [4.78, 5) is 12.0. The molecule has 0 saturated carbocycles. The number of nitrogen functional groups attached to an aromatic ring is 1. The lowest BCUT2D eigenvalue weighted by molar-refractivity contribution is 0.102. The molecule has 0 aliphatic carbocycles. The van der Waals surface area contributed by atoms with Gasteiger partial charge in [-0.15, -0.1) is 0 Å². The highest BCUT2D eigenvalue weighted by molar-refractivity contribution is 6.05. The zero-order valence-corrected chi connectivity index (χ0v) is 13.3. The van der Waals surface area contributed by atoms with Crippen molar-refractivity contribution in [1.82, 2.24) is 0 Å². The van der Waals surface area contributed by atoms with Crippen LogP contribution in [0.15, 0.2) is 48.5 Å². The van der Waals surface area contributed by atoms with Crippen molar-refractivity contribution in [2.75, 3.05) is 11.1 Å². The molecule has 0 aromatic heterocycles. The standard InChI is InChI=1S/C14H15N3O.C4H10/c15-9-10-5-7-11(8-6-10)14(18)17-13-4-2-1-3-12(13)16;1-3-4-2/h1-8H,9,15-16H2,(H,17,18);3-4H2,1-2H3. The van der Waals surface area contributed by atoms with Gasteiger partial charge >= 0.3 is 0 Å². The van der Waals surface area contributed by atoms with Gasteiger partial charge < -0.3 is 16.8 Å². The van der Waals surface area contributed by atoms with Crippen LogP contribution >= 0.6 is 0 Å². The van der Waals surface area contributed by atoms with E-state index in [0.29, 0.717) is 23.5 Å². The van der Waals surface area contributed by atoms with Crippen LogP contribution in [0.3, 0.4) is 0 Å². The van der Waals surface area contributed by atoms with Crippen molar-refractivity contribution < 1.29 is 4.79 Å². The summed E-state index contributed by atoms with van der Waals surface area (Å²) in [6, 6.07) is 14.3. The van der Waals surface area contributed by atoms with Crippen molar-refractivity contribution >= 4 is 17.3 Å². The first-order chi connectivity index (χ1) is 10.6. The highest BCUT2D eigenvalue weighted by atomic mass is 16.1. The number of para-hydroxylation sites is 2.